The van der Waals surface area contributed by atoms with Crippen LogP contribution in [-0.2, 0) is 0 Å². The summed E-state index contributed by atoms with van der Waals surface area (Å²) in [6, 6.07) is 7.97. The highest BCUT2D eigenvalue weighted by Crippen LogP contribution is 2.20. The van der Waals surface area contributed by atoms with Crippen LogP contribution >= 0.6 is 23.6 Å². The molecular weight excluding hydrogens is 250 g/mol. The predicted octanol–water partition coefficient (Wildman–Crippen LogP) is 2.95. The number of nitrogens with two attached hydrogens (primary N) is 1. The number of nitrogens with zero attached hydrogens (tertiary/aromatic N) is 1. The van der Waals surface area contributed by atoms with E-state index < -0.39 is 0 Å². The SMILES string of the molecule is CC(Nc1ccc(C(N)=S)cc1)c1nccs1. The smallest absolute Gasteiger partial charge is 0.115 e. The number of hydrogen-bond donors (Lipinski definition) is 2. The summed E-state index contributed by atoms with van der Waals surface area (Å²) in [4.78, 5) is 4.69. The quantitative estimate of drug-likeness (QED) is 0.833. The van der Waals surface area contributed by atoms with Gasteiger partial charge in [-0.2, -0.15) is 0 Å². The average molecular weight is 263 g/mol. The molecule has 0 amide bonds. The maximum absolute atomic E-state index is 5.54. The average Bonchev–Trinajstić information content (AvgIpc) is 2.83. The van der Waals surface area contributed by atoms with E-state index in [1.165, 1.54) is 0 Å². The van der Waals surface area contributed by atoms with Gasteiger partial charge in [-0.1, -0.05) is 12.2 Å². The molecule has 1 unspecified atom stereocenters. The molecule has 0 fully saturated rings. The van der Waals surface area contributed by atoms with Gasteiger partial charge >= 0.3 is 0 Å². The van der Waals surface area contributed by atoms with Crippen molar-refractivity contribution in [2.24, 2.45) is 5.73 Å². The van der Waals surface area contributed by atoms with Crippen LogP contribution in [0.15, 0.2) is 35.8 Å². The van der Waals surface area contributed by atoms with Gasteiger partial charge in [0.05, 0.1) is 6.04 Å². The van der Waals surface area contributed by atoms with Gasteiger partial charge in [-0.3, -0.25) is 0 Å². The Balaban J connectivity index is 2.06. The Morgan fingerprint density at radius 3 is 2.65 bits per heavy atom. The van der Waals surface area contributed by atoms with E-state index in [9.17, 15) is 0 Å². The fraction of sp³-hybridized carbons (Fsp3) is 0.167. The number of aromatic nitrogens is 1. The Hall–Kier alpha value is -1.46. The highest BCUT2D eigenvalue weighted by molar-refractivity contribution is 7.80. The lowest BCUT2D eigenvalue weighted by molar-refractivity contribution is 0.870. The molecule has 0 spiro atoms. The van der Waals surface area contributed by atoms with Crippen molar-refractivity contribution in [3.05, 3.63) is 46.4 Å². The van der Waals surface area contributed by atoms with Crippen LogP contribution < -0.4 is 11.1 Å². The summed E-state index contributed by atoms with van der Waals surface area (Å²) < 4.78 is 0. The van der Waals surface area contributed by atoms with Gasteiger partial charge in [0.1, 0.15) is 10.00 Å². The fourth-order valence-corrected chi connectivity index (χ4v) is 2.27. The van der Waals surface area contributed by atoms with E-state index in [1.807, 2.05) is 35.8 Å². The summed E-state index contributed by atoms with van der Waals surface area (Å²) in [7, 11) is 0. The summed E-state index contributed by atoms with van der Waals surface area (Å²) >= 11 is 6.55. The molecule has 5 heteroatoms. The molecule has 1 aromatic heterocycles. The van der Waals surface area contributed by atoms with Crippen molar-refractivity contribution in [3.63, 3.8) is 0 Å². The third-order valence-electron chi connectivity index (χ3n) is 2.37. The summed E-state index contributed by atoms with van der Waals surface area (Å²) in [5.41, 5.74) is 7.46. The lowest BCUT2D eigenvalue weighted by Gasteiger charge is -2.12. The van der Waals surface area contributed by atoms with Gasteiger partial charge in [0.2, 0.25) is 0 Å². The summed E-state index contributed by atoms with van der Waals surface area (Å²) in [5, 5.41) is 6.42. The van der Waals surface area contributed by atoms with Crippen molar-refractivity contribution in [3.8, 4) is 0 Å². The van der Waals surface area contributed by atoms with Crippen molar-refractivity contribution >= 4 is 34.2 Å². The van der Waals surface area contributed by atoms with Crippen molar-refractivity contribution in [1.29, 1.82) is 0 Å². The molecule has 3 N–H and O–H groups in total. The zero-order chi connectivity index (χ0) is 12.3. The number of rotatable bonds is 4. The molecule has 0 aliphatic carbocycles. The van der Waals surface area contributed by atoms with Crippen LogP contribution in [0.25, 0.3) is 0 Å². The van der Waals surface area contributed by atoms with Crippen LogP contribution in [0.1, 0.15) is 23.5 Å². The maximum atomic E-state index is 5.54. The van der Waals surface area contributed by atoms with Crippen LogP contribution in [0.3, 0.4) is 0 Å². The van der Waals surface area contributed by atoms with Crippen LogP contribution in [0.2, 0.25) is 0 Å². The molecule has 3 nitrogen and oxygen atoms in total. The molecule has 17 heavy (non-hydrogen) atoms. The van der Waals surface area contributed by atoms with Crippen molar-refractivity contribution < 1.29 is 0 Å². The van der Waals surface area contributed by atoms with Gasteiger partial charge < -0.3 is 11.1 Å². The Bertz CT molecular complexity index is 491. The number of thiazole rings is 1. The molecule has 0 aliphatic rings. The van der Waals surface area contributed by atoms with Crippen LogP contribution in [0.4, 0.5) is 5.69 Å². The lowest BCUT2D eigenvalue weighted by Crippen LogP contribution is -2.10. The first-order valence-corrected chi connectivity index (χ1v) is 6.51. The van der Waals surface area contributed by atoms with E-state index in [1.54, 1.807) is 11.3 Å². The minimum atomic E-state index is 0.200. The molecule has 2 aromatic rings. The van der Waals surface area contributed by atoms with Crippen molar-refractivity contribution in [1.82, 2.24) is 4.98 Å². The maximum Gasteiger partial charge on any atom is 0.115 e. The van der Waals surface area contributed by atoms with Gasteiger partial charge in [-0.05, 0) is 31.2 Å². The number of nitrogens with one attached hydrogen (secondary N) is 1. The van der Waals surface area contributed by atoms with E-state index in [0.29, 0.717) is 4.99 Å². The molecule has 1 atom stereocenters. The normalized spacial score (nSPS) is 12.1. The number of anilines is 1. The fourth-order valence-electron chi connectivity index (χ4n) is 1.49. The predicted molar refractivity (Wildman–Crippen MR) is 76.5 cm³/mol. The van der Waals surface area contributed by atoms with Crippen LogP contribution in [0.5, 0.6) is 0 Å². The first kappa shape index (κ1) is 12.0. The molecule has 2 rings (SSSR count). The molecule has 0 aliphatic heterocycles. The van der Waals surface area contributed by atoms with E-state index in [0.717, 1.165) is 16.3 Å². The first-order chi connectivity index (χ1) is 8.16. The summed E-state index contributed by atoms with van der Waals surface area (Å²) in [6.45, 7) is 2.08. The molecule has 1 heterocycles. The monoisotopic (exact) mass is 263 g/mol. The Morgan fingerprint density at radius 1 is 1.41 bits per heavy atom. The van der Waals surface area contributed by atoms with Crippen LogP contribution in [0, 0.1) is 0 Å². The Labute approximate surface area is 110 Å². The highest BCUT2D eigenvalue weighted by atomic mass is 32.1. The van der Waals surface area contributed by atoms with Crippen molar-refractivity contribution in [2.75, 3.05) is 5.32 Å². The first-order valence-electron chi connectivity index (χ1n) is 5.22. The zero-order valence-corrected chi connectivity index (χ0v) is 11.0. The number of thiocarbonyl (C=S) groups is 1. The minimum Gasteiger partial charge on any atom is -0.389 e. The molecule has 1 aromatic carbocycles. The van der Waals surface area contributed by atoms with Gasteiger partial charge in [0.25, 0.3) is 0 Å². The topological polar surface area (TPSA) is 50.9 Å². The van der Waals surface area contributed by atoms with Gasteiger partial charge in [-0.25, -0.2) is 4.98 Å². The Morgan fingerprint density at radius 2 is 2.12 bits per heavy atom. The lowest BCUT2D eigenvalue weighted by atomic mass is 10.2. The second-order valence-corrected chi connectivity index (χ2v) is 5.04. The second kappa shape index (κ2) is 5.25. The molecular formula is C12H13N3S2. The summed E-state index contributed by atoms with van der Waals surface area (Å²) in [6.07, 6.45) is 1.81. The third-order valence-corrected chi connectivity index (χ3v) is 3.57. The summed E-state index contributed by atoms with van der Waals surface area (Å²) in [5.74, 6) is 0. The van der Waals surface area contributed by atoms with Gasteiger partial charge in [-0.15, -0.1) is 11.3 Å². The van der Waals surface area contributed by atoms with E-state index in [-0.39, 0.29) is 6.04 Å². The molecule has 0 saturated carbocycles. The molecule has 0 bridgehead atoms. The van der Waals surface area contributed by atoms with E-state index in [2.05, 4.69) is 17.2 Å². The largest absolute Gasteiger partial charge is 0.389 e. The highest BCUT2D eigenvalue weighted by Gasteiger charge is 2.07. The minimum absolute atomic E-state index is 0.200. The molecule has 0 saturated heterocycles. The van der Waals surface area contributed by atoms with Gasteiger partial charge in [0.15, 0.2) is 0 Å². The standard InChI is InChI=1S/C12H13N3S2/c1-8(12-14-6-7-17-12)15-10-4-2-9(3-5-10)11(13)16/h2-8,15H,1H3,(H2,13,16). The zero-order valence-electron chi connectivity index (χ0n) is 9.38. The number of hydrogen-bond acceptors (Lipinski definition) is 4. The van der Waals surface area contributed by atoms with Crippen LogP contribution in [-0.4, -0.2) is 9.97 Å². The second-order valence-electron chi connectivity index (χ2n) is 3.68. The van der Waals surface area contributed by atoms with E-state index >= 15 is 0 Å². The molecule has 88 valence electrons. The third kappa shape index (κ3) is 3.01. The Kier molecular flexibility index (Phi) is 3.71. The number of benzene rings is 1. The van der Waals surface area contributed by atoms with E-state index in [4.69, 9.17) is 18.0 Å². The van der Waals surface area contributed by atoms with Crippen molar-refractivity contribution in [2.45, 2.75) is 13.0 Å². The van der Waals surface area contributed by atoms with Gasteiger partial charge in [0, 0.05) is 22.8 Å². The molecule has 0 radical (unpaired) electrons.